The molecule has 0 spiro atoms. The minimum absolute atomic E-state index is 0.00926. The van der Waals surface area contributed by atoms with Gasteiger partial charge in [0.05, 0.1) is 29.1 Å². The molecule has 3 atom stereocenters. The van der Waals surface area contributed by atoms with Gasteiger partial charge >= 0.3 is 0 Å². The van der Waals surface area contributed by atoms with E-state index in [0.717, 1.165) is 6.42 Å². The van der Waals surface area contributed by atoms with Crippen LogP contribution in [0.25, 0.3) is 0 Å². The Morgan fingerprint density at radius 3 is 1.66 bits per heavy atom. The molecular formula is C31H55NO8S. The maximum Gasteiger partial charge on any atom is 0.296 e. The molecule has 0 aromatic heterocycles. The number of ketones is 1. The Hall–Kier alpha value is -2.14. The SMILES string of the molecule is C=O.CC(CC(C)(C)C)OC(C)(C)C.CC(OC(C)(C)C)C(C(=O)Nc1ccccc1S(=O)(=O)O)C(=O)C(C)(C)C. The van der Waals surface area contributed by atoms with E-state index in [9.17, 15) is 22.6 Å². The summed E-state index contributed by atoms with van der Waals surface area (Å²) < 4.78 is 44.1. The minimum Gasteiger partial charge on any atom is -0.373 e. The predicted octanol–water partition coefficient (Wildman–Crippen LogP) is 6.75. The predicted molar refractivity (Wildman–Crippen MR) is 165 cm³/mol. The topological polar surface area (TPSA) is 136 Å². The van der Waals surface area contributed by atoms with Gasteiger partial charge in [-0.15, -0.1) is 0 Å². The quantitative estimate of drug-likeness (QED) is 0.247. The van der Waals surface area contributed by atoms with Gasteiger partial charge in [-0.3, -0.25) is 14.1 Å². The molecule has 1 amide bonds. The van der Waals surface area contributed by atoms with Gasteiger partial charge in [0.25, 0.3) is 10.1 Å². The van der Waals surface area contributed by atoms with Crippen molar-refractivity contribution in [3.63, 3.8) is 0 Å². The smallest absolute Gasteiger partial charge is 0.296 e. The van der Waals surface area contributed by atoms with Crippen molar-refractivity contribution in [3.05, 3.63) is 24.3 Å². The zero-order valence-electron chi connectivity index (χ0n) is 27.7. The average molecular weight is 602 g/mol. The third-order valence-electron chi connectivity index (χ3n) is 5.19. The number of Topliss-reactive ketones (excluding diaryl/α,β-unsaturated/α-hetero) is 1. The van der Waals surface area contributed by atoms with Crippen molar-refractivity contribution in [2.45, 2.75) is 132 Å². The highest BCUT2D eigenvalue weighted by Gasteiger charge is 2.40. The fourth-order valence-corrected chi connectivity index (χ4v) is 4.80. The van der Waals surface area contributed by atoms with Gasteiger partial charge in [-0.1, -0.05) is 53.7 Å². The standard InChI is InChI=1S/C19H29NO6S.C11H24O.CH2O/c1-12(26-19(5,6)7)15(16(21)18(2,3)4)17(22)20-13-10-8-9-11-14(13)27(23,24)25;1-9(8-10(2,3)4)12-11(5,6)7;1-2/h8-12,15H,1-7H3,(H,20,22)(H,23,24,25);9H,8H2,1-7H3;1H2. The van der Waals surface area contributed by atoms with Gasteiger partial charge in [0.15, 0.2) is 5.78 Å². The molecule has 0 saturated carbocycles. The number of nitrogens with one attached hydrogen (secondary N) is 1. The molecular weight excluding hydrogens is 546 g/mol. The van der Waals surface area contributed by atoms with Crippen molar-refractivity contribution in [2.75, 3.05) is 5.32 Å². The molecule has 9 nitrogen and oxygen atoms in total. The summed E-state index contributed by atoms with van der Waals surface area (Å²) in [6.07, 6.45) is 0.726. The fourth-order valence-electron chi connectivity index (χ4n) is 4.15. The first kappa shape index (κ1) is 41.0. The highest BCUT2D eigenvalue weighted by Crippen LogP contribution is 2.29. The lowest BCUT2D eigenvalue weighted by Gasteiger charge is -2.32. The summed E-state index contributed by atoms with van der Waals surface area (Å²) in [5.41, 5.74) is -1.13. The lowest BCUT2D eigenvalue weighted by Crippen LogP contribution is -2.45. The van der Waals surface area contributed by atoms with Crippen molar-refractivity contribution in [1.82, 2.24) is 0 Å². The van der Waals surface area contributed by atoms with Gasteiger partial charge in [0.2, 0.25) is 5.91 Å². The van der Waals surface area contributed by atoms with E-state index in [1.54, 1.807) is 27.7 Å². The van der Waals surface area contributed by atoms with Gasteiger partial charge in [-0.25, -0.2) is 0 Å². The summed E-state index contributed by atoms with van der Waals surface area (Å²) in [5, 5.41) is 2.46. The number of hydrogen-bond acceptors (Lipinski definition) is 7. The molecule has 238 valence electrons. The molecule has 2 N–H and O–H groups in total. The largest absolute Gasteiger partial charge is 0.373 e. The third-order valence-corrected chi connectivity index (χ3v) is 6.10. The molecule has 10 heteroatoms. The van der Waals surface area contributed by atoms with E-state index in [0.29, 0.717) is 11.5 Å². The van der Waals surface area contributed by atoms with Crippen LogP contribution >= 0.6 is 0 Å². The zero-order valence-corrected chi connectivity index (χ0v) is 28.5. The number of rotatable bonds is 8. The Morgan fingerprint density at radius 2 is 1.29 bits per heavy atom. The lowest BCUT2D eigenvalue weighted by atomic mass is 9.80. The molecule has 1 aromatic rings. The number of anilines is 1. The average Bonchev–Trinajstić information content (AvgIpc) is 2.70. The Balaban J connectivity index is 0. The highest BCUT2D eigenvalue weighted by molar-refractivity contribution is 7.86. The Labute approximate surface area is 248 Å². The maximum absolute atomic E-state index is 12.9. The van der Waals surface area contributed by atoms with Gasteiger partial charge in [-0.05, 0) is 79.4 Å². The highest BCUT2D eigenvalue weighted by atomic mass is 32.2. The van der Waals surface area contributed by atoms with Crippen LogP contribution in [-0.2, 0) is 34.0 Å². The van der Waals surface area contributed by atoms with Crippen LogP contribution in [0.15, 0.2) is 29.2 Å². The van der Waals surface area contributed by atoms with E-state index < -0.39 is 44.0 Å². The summed E-state index contributed by atoms with van der Waals surface area (Å²) in [4.78, 5) is 33.4. The second-order valence-electron chi connectivity index (χ2n) is 14.3. The van der Waals surface area contributed by atoms with Crippen LogP contribution in [0.1, 0.15) is 103 Å². The van der Waals surface area contributed by atoms with Gasteiger partial charge in [0.1, 0.15) is 17.6 Å². The summed E-state index contributed by atoms with van der Waals surface area (Å²) >= 11 is 0. The molecule has 0 bridgehead atoms. The first-order chi connectivity index (χ1) is 18.1. The number of benzene rings is 1. The summed E-state index contributed by atoms with van der Waals surface area (Å²) in [7, 11) is -4.53. The molecule has 0 radical (unpaired) electrons. The van der Waals surface area contributed by atoms with Crippen molar-refractivity contribution in [2.24, 2.45) is 16.7 Å². The molecule has 0 heterocycles. The van der Waals surface area contributed by atoms with Gasteiger partial charge in [-0.2, -0.15) is 8.42 Å². The molecule has 0 saturated heterocycles. The van der Waals surface area contributed by atoms with Crippen molar-refractivity contribution < 1.29 is 36.8 Å². The Bertz CT molecular complexity index is 1060. The Kier molecular flexibility index (Phi) is 15.9. The second kappa shape index (κ2) is 15.9. The molecule has 0 aliphatic carbocycles. The number of para-hydroxylation sites is 1. The van der Waals surface area contributed by atoms with E-state index in [-0.39, 0.29) is 17.1 Å². The monoisotopic (exact) mass is 601 g/mol. The van der Waals surface area contributed by atoms with Gasteiger partial charge < -0.3 is 19.6 Å². The van der Waals surface area contributed by atoms with Crippen molar-refractivity contribution >= 4 is 34.3 Å². The first-order valence-corrected chi connectivity index (χ1v) is 15.1. The van der Waals surface area contributed by atoms with Crippen LogP contribution < -0.4 is 5.32 Å². The van der Waals surface area contributed by atoms with Crippen LogP contribution in [0.5, 0.6) is 0 Å². The Morgan fingerprint density at radius 1 is 0.854 bits per heavy atom. The van der Waals surface area contributed by atoms with Crippen LogP contribution in [0, 0.1) is 16.7 Å². The van der Waals surface area contributed by atoms with Crippen LogP contribution in [0.3, 0.4) is 0 Å². The molecule has 41 heavy (non-hydrogen) atoms. The van der Waals surface area contributed by atoms with Crippen LogP contribution in [-0.4, -0.2) is 54.9 Å². The van der Waals surface area contributed by atoms with E-state index in [2.05, 4.69) is 53.8 Å². The van der Waals surface area contributed by atoms with Crippen molar-refractivity contribution in [3.8, 4) is 0 Å². The zero-order chi connectivity index (χ0) is 33.2. The van der Waals surface area contributed by atoms with Crippen LogP contribution in [0.4, 0.5) is 5.69 Å². The fraction of sp³-hybridized carbons (Fsp3) is 0.710. The summed E-state index contributed by atoms with van der Waals surface area (Å²) in [6.45, 7) is 29.4. The van der Waals surface area contributed by atoms with E-state index in [1.807, 2.05) is 27.6 Å². The molecule has 0 aliphatic heterocycles. The molecule has 1 rings (SSSR count). The summed E-state index contributed by atoms with van der Waals surface area (Å²) in [5.74, 6) is -2.18. The first-order valence-electron chi connectivity index (χ1n) is 13.7. The van der Waals surface area contributed by atoms with E-state index in [1.165, 1.54) is 24.3 Å². The number of hydrogen-bond donors (Lipinski definition) is 2. The molecule has 0 fully saturated rings. The van der Waals surface area contributed by atoms with E-state index >= 15 is 0 Å². The van der Waals surface area contributed by atoms with Gasteiger partial charge in [0, 0.05) is 5.41 Å². The lowest BCUT2D eigenvalue weighted by molar-refractivity contribution is -0.148. The molecule has 3 unspecified atom stereocenters. The number of ether oxygens (including phenoxy) is 2. The second-order valence-corrected chi connectivity index (χ2v) is 15.7. The maximum atomic E-state index is 12.9. The number of carbonyl (C=O) groups is 3. The number of amides is 1. The molecule has 1 aromatic carbocycles. The van der Waals surface area contributed by atoms with E-state index in [4.69, 9.17) is 14.3 Å². The van der Waals surface area contributed by atoms with Crippen LogP contribution in [0.2, 0.25) is 0 Å². The third kappa shape index (κ3) is 18.1. The summed E-state index contributed by atoms with van der Waals surface area (Å²) in [6, 6.07) is 5.44. The van der Waals surface area contributed by atoms with Crippen molar-refractivity contribution in [1.29, 1.82) is 0 Å². The molecule has 0 aliphatic rings. The normalized spacial score (nSPS) is 14.8. The number of carbonyl (C=O) groups excluding carboxylic acids is 3. The minimum atomic E-state index is -4.53.